The summed E-state index contributed by atoms with van der Waals surface area (Å²) in [4.78, 5) is 33.5. The van der Waals surface area contributed by atoms with Crippen LogP contribution in [0.5, 0.6) is 0 Å². The Labute approximate surface area is 171 Å². The minimum absolute atomic E-state index is 0.00776. The number of hydrogen-bond donors (Lipinski definition) is 0. The number of hydroxylamine groups is 2. The Bertz CT molecular complexity index is 909. The zero-order valence-corrected chi connectivity index (χ0v) is 16.7. The van der Waals surface area contributed by atoms with Gasteiger partial charge in [-0.25, -0.2) is 15.0 Å². The number of aromatic nitrogens is 3. The van der Waals surface area contributed by atoms with Crippen LogP contribution in [0, 0.1) is 17.2 Å². The van der Waals surface area contributed by atoms with E-state index in [0.29, 0.717) is 23.3 Å². The Morgan fingerprint density at radius 3 is 2.86 bits per heavy atom. The van der Waals surface area contributed by atoms with Gasteiger partial charge in [-0.1, -0.05) is 0 Å². The lowest BCUT2D eigenvalue weighted by Gasteiger charge is -2.34. The summed E-state index contributed by atoms with van der Waals surface area (Å²) in [5.74, 6) is 0.782. The van der Waals surface area contributed by atoms with Gasteiger partial charge in [-0.2, -0.15) is 5.26 Å². The van der Waals surface area contributed by atoms with E-state index in [0.717, 1.165) is 37.3 Å². The van der Waals surface area contributed by atoms with Crippen LogP contribution in [0.3, 0.4) is 0 Å². The quantitative estimate of drug-likeness (QED) is 0.673. The number of piperidine rings is 1. The summed E-state index contributed by atoms with van der Waals surface area (Å²) in [5, 5.41) is 10.6. The molecule has 4 heterocycles. The van der Waals surface area contributed by atoms with Crippen LogP contribution in [0.25, 0.3) is 0 Å². The number of rotatable bonds is 3. The molecule has 0 unspecified atom stereocenters. The molecule has 2 saturated heterocycles. The molecule has 0 bridgehead atoms. The lowest BCUT2D eigenvalue weighted by atomic mass is 9.94. The first-order valence-corrected chi connectivity index (χ1v) is 9.99. The van der Waals surface area contributed by atoms with Gasteiger partial charge in [0.05, 0.1) is 18.2 Å². The maximum atomic E-state index is 13.1. The van der Waals surface area contributed by atoms with Crippen LogP contribution < -0.4 is 4.90 Å². The fourth-order valence-corrected chi connectivity index (χ4v) is 4.03. The smallest absolute Gasteiger partial charge is 0.249 e. The summed E-state index contributed by atoms with van der Waals surface area (Å²) in [6, 6.07) is 5.56. The Balaban J connectivity index is 1.42. The van der Waals surface area contributed by atoms with Crippen LogP contribution in [-0.2, 0) is 9.63 Å². The molecule has 8 nitrogen and oxygen atoms in total. The van der Waals surface area contributed by atoms with Gasteiger partial charge < -0.3 is 4.90 Å². The Hall–Kier alpha value is -2.57. The number of amides is 1. The van der Waals surface area contributed by atoms with Crippen molar-refractivity contribution in [2.75, 3.05) is 24.6 Å². The maximum absolute atomic E-state index is 13.1. The topological polar surface area (TPSA) is 95.2 Å². The third kappa shape index (κ3) is 3.84. The van der Waals surface area contributed by atoms with Crippen LogP contribution in [0.2, 0.25) is 0 Å². The second-order valence-electron chi connectivity index (χ2n) is 6.87. The molecule has 0 radical (unpaired) electrons. The Morgan fingerprint density at radius 2 is 2.11 bits per heavy atom. The van der Waals surface area contributed by atoms with E-state index in [4.69, 9.17) is 10.1 Å². The molecule has 28 heavy (non-hydrogen) atoms. The second kappa shape index (κ2) is 8.20. The van der Waals surface area contributed by atoms with Gasteiger partial charge in [-0.3, -0.25) is 14.6 Å². The van der Waals surface area contributed by atoms with Crippen LogP contribution in [-0.4, -0.2) is 45.6 Å². The Morgan fingerprint density at radius 1 is 1.29 bits per heavy atom. The van der Waals surface area contributed by atoms with Gasteiger partial charge in [0.1, 0.15) is 11.9 Å². The van der Waals surface area contributed by atoms with Gasteiger partial charge in [-0.05, 0) is 46.5 Å². The molecule has 1 amide bonds. The van der Waals surface area contributed by atoms with Crippen LogP contribution in [0.1, 0.15) is 36.4 Å². The van der Waals surface area contributed by atoms with Crippen molar-refractivity contribution >= 4 is 27.7 Å². The van der Waals surface area contributed by atoms with Crippen molar-refractivity contribution < 1.29 is 9.63 Å². The lowest BCUT2D eigenvalue weighted by molar-refractivity contribution is -0.182. The zero-order valence-electron chi connectivity index (χ0n) is 15.2. The van der Waals surface area contributed by atoms with Crippen molar-refractivity contribution in [3.8, 4) is 6.07 Å². The lowest BCUT2D eigenvalue weighted by Crippen LogP contribution is -2.42. The number of hydrogen-bond acceptors (Lipinski definition) is 7. The highest BCUT2D eigenvalue weighted by Crippen LogP contribution is 2.33. The highest BCUT2D eigenvalue weighted by Gasteiger charge is 2.37. The monoisotopic (exact) mass is 442 g/mol. The van der Waals surface area contributed by atoms with E-state index in [1.54, 1.807) is 18.5 Å². The first kappa shape index (κ1) is 18.8. The van der Waals surface area contributed by atoms with E-state index in [1.807, 2.05) is 6.07 Å². The molecule has 2 aromatic heterocycles. The number of carbonyl (C=O) groups is 1. The first-order valence-electron chi connectivity index (χ1n) is 9.20. The molecule has 0 aliphatic carbocycles. The second-order valence-corrected chi connectivity index (χ2v) is 7.57. The van der Waals surface area contributed by atoms with Crippen molar-refractivity contribution in [3.63, 3.8) is 0 Å². The third-order valence-corrected chi connectivity index (χ3v) is 5.56. The molecule has 2 aromatic rings. The zero-order chi connectivity index (χ0) is 19.5. The van der Waals surface area contributed by atoms with Crippen molar-refractivity contribution in [3.05, 3.63) is 46.6 Å². The summed E-state index contributed by atoms with van der Waals surface area (Å²) in [6.07, 6.45) is 7.13. The first-order chi connectivity index (χ1) is 13.7. The van der Waals surface area contributed by atoms with E-state index in [2.05, 4.69) is 41.9 Å². The molecule has 144 valence electrons. The van der Waals surface area contributed by atoms with Crippen LogP contribution in [0.4, 0.5) is 5.82 Å². The van der Waals surface area contributed by atoms with Gasteiger partial charge in [0.2, 0.25) is 5.91 Å². The average Bonchev–Trinajstić information content (AvgIpc) is 3.23. The van der Waals surface area contributed by atoms with E-state index >= 15 is 0 Å². The predicted molar refractivity (Wildman–Crippen MR) is 104 cm³/mol. The van der Waals surface area contributed by atoms with Gasteiger partial charge in [-0.15, -0.1) is 0 Å². The van der Waals surface area contributed by atoms with Gasteiger partial charge >= 0.3 is 0 Å². The molecular formula is C19H19BrN6O2. The third-order valence-electron chi connectivity index (χ3n) is 5.17. The highest BCUT2D eigenvalue weighted by atomic mass is 79.9. The van der Waals surface area contributed by atoms with Crippen molar-refractivity contribution in [1.29, 1.82) is 5.26 Å². The molecule has 0 aromatic carbocycles. The summed E-state index contributed by atoms with van der Waals surface area (Å²) < 4.78 is 0.560. The minimum Gasteiger partial charge on any atom is -0.356 e. The molecular weight excluding hydrogens is 424 g/mol. The van der Waals surface area contributed by atoms with E-state index < -0.39 is 0 Å². The largest absolute Gasteiger partial charge is 0.356 e. The van der Waals surface area contributed by atoms with Gasteiger partial charge in [0.15, 0.2) is 4.73 Å². The van der Waals surface area contributed by atoms with E-state index in [-0.39, 0.29) is 17.9 Å². The normalized spacial score (nSPS) is 20.2. The molecule has 1 atom stereocenters. The number of nitriles is 1. The minimum atomic E-state index is -0.191. The fraction of sp³-hybridized carbons (Fsp3) is 0.421. The number of nitrogens with zero attached hydrogens (tertiary/aromatic N) is 6. The number of anilines is 1. The number of halogens is 1. The van der Waals surface area contributed by atoms with E-state index in [9.17, 15) is 4.79 Å². The van der Waals surface area contributed by atoms with Crippen molar-refractivity contribution in [2.24, 2.45) is 5.92 Å². The van der Waals surface area contributed by atoms with E-state index in [1.165, 1.54) is 11.3 Å². The molecule has 4 rings (SSSR count). The molecule has 9 heteroatoms. The summed E-state index contributed by atoms with van der Waals surface area (Å²) >= 11 is 3.30. The van der Waals surface area contributed by atoms with Crippen molar-refractivity contribution in [1.82, 2.24) is 20.0 Å². The average molecular weight is 443 g/mol. The summed E-state index contributed by atoms with van der Waals surface area (Å²) in [6.45, 7) is 1.99. The number of carbonyl (C=O) groups excluding carboxylic acids is 1. The van der Waals surface area contributed by atoms with Gasteiger partial charge in [0, 0.05) is 44.0 Å². The maximum Gasteiger partial charge on any atom is 0.249 e. The summed E-state index contributed by atoms with van der Waals surface area (Å²) in [5.41, 5.74) is 1.33. The fourth-order valence-electron chi connectivity index (χ4n) is 3.73. The molecule has 2 fully saturated rings. The molecule has 0 N–H and O–H groups in total. The highest BCUT2D eigenvalue weighted by molar-refractivity contribution is 9.10. The SMILES string of the molecule is N#Cc1cncc([C@@H]2CCON2C(=O)C2CCN(c3ccnc(Br)n3)CC2)c1. The molecule has 0 spiro atoms. The standard InChI is InChI=1S/C19H19BrN6O2/c20-19-23-5-1-17(24-19)25-6-2-14(3-7-25)18(27)26-16(4-8-28-26)15-9-13(10-21)11-22-12-15/h1,5,9,11-12,14,16H,2-4,6-8H2/t16-/m0/s1. The van der Waals surface area contributed by atoms with Crippen molar-refractivity contribution in [2.45, 2.75) is 25.3 Å². The Kier molecular flexibility index (Phi) is 5.50. The molecule has 2 aliphatic rings. The summed E-state index contributed by atoms with van der Waals surface area (Å²) in [7, 11) is 0. The van der Waals surface area contributed by atoms with Crippen LogP contribution in [0.15, 0.2) is 35.5 Å². The molecule has 2 aliphatic heterocycles. The van der Waals surface area contributed by atoms with Crippen LogP contribution >= 0.6 is 15.9 Å². The predicted octanol–water partition coefficient (Wildman–Crippen LogP) is 2.63. The van der Waals surface area contributed by atoms with Gasteiger partial charge in [0.25, 0.3) is 0 Å². The molecule has 0 saturated carbocycles. The number of pyridine rings is 1.